The van der Waals surface area contributed by atoms with E-state index in [9.17, 15) is 37.5 Å². The van der Waals surface area contributed by atoms with Crippen molar-refractivity contribution in [3.8, 4) is 0 Å². The molecule has 1 aromatic heterocycles. The second kappa shape index (κ2) is 9.63. The highest BCUT2D eigenvalue weighted by Crippen LogP contribution is 2.43. The fraction of sp³-hybridized carbons (Fsp3) is 0.524. The summed E-state index contributed by atoms with van der Waals surface area (Å²) in [5.41, 5.74) is -1.73. The number of hydrogen-bond acceptors (Lipinski definition) is 6. The fourth-order valence-corrected chi connectivity index (χ4v) is 4.52. The number of morpholine rings is 1. The zero-order valence-corrected chi connectivity index (χ0v) is 19.8. The summed E-state index contributed by atoms with van der Waals surface area (Å²) in [6.45, 7) is 4.62. The Kier molecular flexibility index (Phi) is 7.34. The maximum Gasteiger partial charge on any atom is 0.431 e. The van der Waals surface area contributed by atoms with E-state index < -0.39 is 51.7 Å². The van der Waals surface area contributed by atoms with Gasteiger partial charge in [-0.3, -0.25) is 24.4 Å². The summed E-state index contributed by atoms with van der Waals surface area (Å²) in [6, 6.07) is 0.245. The van der Waals surface area contributed by atoms with Crippen LogP contribution in [0.3, 0.4) is 0 Å². The molecule has 1 aliphatic carbocycles. The highest BCUT2D eigenvalue weighted by atomic mass is 35.5. The molecule has 2 unspecified atom stereocenters. The van der Waals surface area contributed by atoms with Crippen molar-refractivity contribution in [1.82, 2.24) is 19.6 Å². The van der Waals surface area contributed by atoms with E-state index in [1.807, 2.05) is 0 Å². The number of carbonyl (C=O) groups is 2. The number of alkyl halides is 4. The Hall–Kier alpha value is -2.90. The second-order valence-corrected chi connectivity index (χ2v) is 9.05. The van der Waals surface area contributed by atoms with Gasteiger partial charge < -0.3 is 9.84 Å². The Morgan fingerprint density at radius 1 is 1.26 bits per heavy atom. The molecule has 2 N–H and O–H groups in total. The van der Waals surface area contributed by atoms with Crippen molar-refractivity contribution in [1.29, 1.82) is 0 Å². The predicted molar refractivity (Wildman–Crippen MR) is 118 cm³/mol. The minimum Gasteiger partial charge on any atom is -0.481 e. The number of rotatable bonds is 5. The molecule has 0 bridgehead atoms. The summed E-state index contributed by atoms with van der Waals surface area (Å²) < 4.78 is 45.5. The van der Waals surface area contributed by atoms with Crippen molar-refractivity contribution in [3.05, 3.63) is 50.3 Å². The molecule has 14 heteroatoms. The SMILES string of the molecule is CC(C)C1=CC(n2c(=O)cc(C(F)(F)F)n(C)c2=O)=CC(C(=O)O)C1(Cl)C(=O)NN1CCOCC1. The number of carboxylic acids is 1. The Morgan fingerprint density at radius 3 is 2.37 bits per heavy atom. The number of hydrogen-bond donors (Lipinski definition) is 2. The largest absolute Gasteiger partial charge is 0.481 e. The summed E-state index contributed by atoms with van der Waals surface area (Å²) in [6.07, 6.45) is -2.83. The molecular formula is C21H24ClF3N4O6. The van der Waals surface area contributed by atoms with Crippen molar-refractivity contribution in [3.63, 3.8) is 0 Å². The number of aliphatic carboxylic acids is 1. The summed E-state index contributed by atoms with van der Waals surface area (Å²) in [5, 5.41) is 11.5. The maximum absolute atomic E-state index is 13.3. The first-order valence-electron chi connectivity index (χ1n) is 10.6. The van der Waals surface area contributed by atoms with Crippen LogP contribution in [0, 0.1) is 11.8 Å². The maximum atomic E-state index is 13.3. The van der Waals surface area contributed by atoms with Crippen molar-refractivity contribution in [2.24, 2.45) is 18.9 Å². The van der Waals surface area contributed by atoms with E-state index in [0.717, 1.165) is 13.1 Å². The normalized spacial score (nSPS) is 23.6. The first kappa shape index (κ1) is 26.7. The van der Waals surface area contributed by atoms with Gasteiger partial charge in [0.2, 0.25) is 0 Å². The fourth-order valence-electron chi connectivity index (χ4n) is 4.05. The summed E-state index contributed by atoms with van der Waals surface area (Å²) in [5.74, 6) is -4.65. The van der Waals surface area contributed by atoms with Gasteiger partial charge in [0.1, 0.15) is 11.6 Å². The Labute approximate surface area is 202 Å². The van der Waals surface area contributed by atoms with Gasteiger partial charge in [0.25, 0.3) is 11.5 Å². The number of nitrogens with zero attached hydrogens (tertiary/aromatic N) is 3. The van der Waals surface area contributed by atoms with E-state index in [1.54, 1.807) is 13.8 Å². The number of carbonyl (C=O) groups excluding carboxylic acids is 1. The molecule has 0 spiro atoms. The van der Waals surface area contributed by atoms with Crippen LogP contribution in [0.25, 0.3) is 5.70 Å². The molecule has 2 aliphatic rings. The van der Waals surface area contributed by atoms with Crippen LogP contribution in [0.4, 0.5) is 13.2 Å². The molecule has 0 saturated carbocycles. The number of nitrogens with one attached hydrogen (secondary N) is 1. The van der Waals surface area contributed by atoms with E-state index in [1.165, 1.54) is 11.1 Å². The minimum absolute atomic E-state index is 0.0728. The van der Waals surface area contributed by atoms with Gasteiger partial charge in [-0.05, 0) is 23.6 Å². The van der Waals surface area contributed by atoms with Crippen LogP contribution in [0.2, 0.25) is 0 Å². The molecule has 192 valence electrons. The molecule has 2 atom stereocenters. The monoisotopic (exact) mass is 520 g/mol. The lowest BCUT2D eigenvalue weighted by Gasteiger charge is -2.39. The number of aromatic nitrogens is 2. The molecule has 1 aromatic rings. The Morgan fingerprint density at radius 2 is 1.86 bits per heavy atom. The lowest BCUT2D eigenvalue weighted by molar-refractivity contribution is -0.145. The number of carboxylic acid groups (broad SMARTS) is 1. The van der Waals surface area contributed by atoms with Crippen LogP contribution in [-0.2, 0) is 27.5 Å². The van der Waals surface area contributed by atoms with Gasteiger partial charge in [0.15, 0.2) is 4.87 Å². The highest BCUT2D eigenvalue weighted by Gasteiger charge is 2.53. The van der Waals surface area contributed by atoms with E-state index >= 15 is 0 Å². The number of halogens is 4. The molecule has 1 amide bonds. The summed E-state index contributed by atoms with van der Waals surface area (Å²) in [4.78, 5) is 48.7. The third kappa shape index (κ3) is 4.93. The summed E-state index contributed by atoms with van der Waals surface area (Å²) in [7, 11) is 0.841. The van der Waals surface area contributed by atoms with Gasteiger partial charge >= 0.3 is 17.8 Å². The third-order valence-corrected chi connectivity index (χ3v) is 6.47. The van der Waals surface area contributed by atoms with Crippen LogP contribution in [0.5, 0.6) is 0 Å². The standard InChI is InChI=1S/C21H24ClF3N4O6/c1-11(2)13-8-12(29-16(30)10-15(21(23,24)25)27(3)19(29)34)9-14(17(31)32)20(13,22)18(33)26-28-4-6-35-7-5-28/h8-11,14H,4-7H2,1-3H3,(H,26,33)(H,31,32). The van der Waals surface area contributed by atoms with Crippen LogP contribution >= 0.6 is 11.6 Å². The van der Waals surface area contributed by atoms with Crippen molar-refractivity contribution in [2.75, 3.05) is 26.3 Å². The first-order valence-corrected chi connectivity index (χ1v) is 11.0. The lowest BCUT2D eigenvalue weighted by atomic mass is 9.75. The first-order chi connectivity index (χ1) is 16.2. The van der Waals surface area contributed by atoms with Crippen LogP contribution in [0.15, 0.2) is 33.4 Å². The molecule has 1 aliphatic heterocycles. The topological polar surface area (TPSA) is 123 Å². The number of ether oxygens (including phenoxy) is 1. The quantitative estimate of drug-likeness (QED) is 0.556. The molecule has 0 aromatic carbocycles. The smallest absolute Gasteiger partial charge is 0.431 e. The lowest BCUT2D eigenvalue weighted by Crippen LogP contribution is -2.59. The van der Waals surface area contributed by atoms with E-state index in [4.69, 9.17) is 16.3 Å². The number of amides is 1. The Bertz CT molecular complexity index is 1210. The molecule has 2 heterocycles. The average molecular weight is 521 g/mol. The molecule has 0 radical (unpaired) electrons. The van der Waals surface area contributed by atoms with Gasteiger partial charge in [-0.25, -0.2) is 14.4 Å². The number of allylic oxidation sites excluding steroid dienone is 2. The van der Waals surface area contributed by atoms with Gasteiger partial charge in [-0.1, -0.05) is 13.8 Å². The molecule has 3 rings (SSSR count). The molecule has 1 fully saturated rings. The van der Waals surface area contributed by atoms with Gasteiger partial charge in [-0.15, -0.1) is 11.6 Å². The average Bonchev–Trinajstić information content (AvgIpc) is 2.76. The van der Waals surface area contributed by atoms with Crippen LogP contribution in [0.1, 0.15) is 19.5 Å². The highest BCUT2D eigenvalue weighted by molar-refractivity contribution is 6.39. The van der Waals surface area contributed by atoms with E-state index in [0.29, 0.717) is 30.9 Å². The van der Waals surface area contributed by atoms with E-state index in [-0.39, 0.29) is 21.9 Å². The van der Waals surface area contributed by atoms with Gasteiger partial charge in [0.05, 0.1) is 18.9 Å². The van der Waals surface area contributed by atoms with Crippen LogP contribution < -0.4 is 16.7 Å². The molecule has 35 heavy (non-hydrogen) atoms. The van der Waals surface area contributed by atoms with Crippen LogP contribution in [-0.4, -0.2) is 62.3 Å². The minimum atomic E-state index is -4.96. The third-order valence-electron chi connectivity index (χ3n) is 5.85. The molecular weight excluding hydrogens is 497 g/mol. The molecule has 1 saturated heterocycles. The summed E-state index contributed by atoms with van der Waals surface area (Å²) >= 11 is 6.73. The zero-order valence-electron chi connectivity index (χ0n) is 19.1. The van der Waals surface area contributed by atoms with E-state index in [2.05, 4.69) is 5.43 Å². The zero-order chi connectivity index (χ0) is 26.3. The van der Waals surface area contributed by atoms with Gasteiger partial charge in [0, 0.05) is 26.2 Å². The molecule has 10 nitrogen and oxygen atoms in total. The van der Waals surface area contributed by atoms with Crippen molar-refractivity contribution < 1.29 is 32.6 Å². The van der Waals surface area contributed by atoms with Crippen molar-refractivity contribution >= 4 is 29.2 Å². The predicted octanol–water partition coefficient (Wildman–Crippen LogP) is 1.04. The second-order valence-electron chi connectivity index (χ2n) is 8.46. The van der Waals surface area contributed by atoms with Crippen molar-refractivity contribution in [2.45, 2.75) is 24.9 Å². The number of hydrazine groups is 1. The van der Waals surface area contributed by atoms with Gasteiger partial charge in [-0.2, -0.15) is 13.2 Å². The Balaban J connectivity index is 2.16.